The molecule has 21 heavy (non-hydrogen) atoms. The number of aromatic nitrogens is 2. The number of carbonyl (C=O) groups is 1. The van der Waals surface area contributed by atoms with Gasteiger partial charge in [-0.25, -0.2) is 0 Å². The fourth-order valence-corrected chi connectivity index (χ4v) is 2.72. The summed E-state index contributed by atoms with van der Waals surface area (Å²) in [6.07, 6.45) is 0.872. The van der Waals surface area contributed by atoms with Gasteiger partial charge in [0.05, 0.1) is 6.61 Å². The van der Waals surface area contributed by atoms with Crippen molar-refractivity contribution in [1.29, 1.82) is 0 Å². The predicted molar refractivity (Wildman–Crippen MR) is 84.0 cm³/mol. The summed E-state index contributed by atoms with van der Waals surface area (Å²) in [4.78, 5) is 12.1. The van der Waals surface area contributed by atoms with Crippen LogP contribution in [0.4, 0.5) is 5.13 Å². The smallest absolute Gasteiger partial charge is 0.257 e. The Balaban J connectivity index is 1.98. The molecule has 0 bridgehead atoms. The van der Waals surface area contributed by atoms with Crippen LogP contribution in [0.1, 0.15) is 36.1 Å². The summed E-state index contributed by atoms with van der Waals surface area (Å²) in [6, 6.07) is 7.03. The highest BCUT2D eigenvalue weighted by molar-refractivity contribution is 7.15. The van der Waals surface area contributed by atoms with Crippen molar-refractivity contribution in [3.8, 4) is 5.75 Å². The number of hydrogen-bond acceptors (Lipinski definition) is 5. The number of nitrogens with one attached hydrogen (secondary N) is 1. The third-order valence-electron chi connectivity index (χ3n) is 2.70. The minimum atomic E-state index is -0.190. The molecule has 0 spiro atoms. The maximum atomic E-state index is 12.1. The minimum absolute atomic E-state index is 0.190. The number of amides is 1. The molecule has 0 atom stereocenters. The molecule has 1 aromatic carbocycles. The van der Waals surface area contributed by atoms with E-state index in [9.17, 15) is 4.79 Å². The van der Waals surface area contributed by atoms with E-state index in [1.165, 1.54) is 11.3 Å². The normalized spacial score (nSPS) is 10.7. The van der Waals surface area contributed by atoms with Crippen molar-refractivity contribution >= 4 is 22.4 Å². The Hall–Kier alpha value is -1.95. The Morgan fingerprint density at radius 2 is 2.00 bits per heavy atom. The first-order valence-electron chi connectivity index (χ1n) is 6.95. The second kappa shape index (κ2) is 7.17. The lowest BCUT2D eigenvalue weighted by molar-refractivity contribution is 0.102. The Kier molecular flexibility index (Phi) is 5.27. The average Bonchev–Trinajstić information content (AvgIpc) is 2.86. The summed E-state index contributed by atoms with van der Waals surface area (Å²) in [6.45, 7) is 6.78. The van der Waals surface area contributed by atoms with Crippen molar-refractivity contribution in [2.75, 3.05) is 11.9 Å². The van der Waals surface area contributed by atoms with E-state index >= 15 is 0 Å². The van der Waals surface area contributed by atoms with Crippen LogP contribution in [0, 0.1) is 5.92 Å². The van der Waals surface area contributed by atoms with Crippen LogP contribution in [-0.2, 0) is 6.42 Å². The van der Waals surface area contributed by atoms with Crippen LogP contribution in [0.25, 0.3) is 0 Å². The maximum absolute atomic E-state index is 12.1. The van der Waals surface area contributed by atoms with Crippen molar-refractivity contribution in [3.05, 3.63) is 34.8 Å². The summed E-state index contributed by atoms with van der Waals surface area (Å²) >= 11 is 1.42. The number of carbonyl (C=O) groups excluding carboxylic acids is 1. The van der Waals surface area contributed by atoms with Gasteiger partial charge in [-0.15, -0.1) is 10.2 Å². The fourth-order valence-electron chi connectivity index (χ4n) is 1.77. The van der Waals surface area contributed by atoms with Gasteiger partial charge >= 0.3 is 0 Å². The van der Waals surface area contributed by atoms with Gasteiger partial charge in [0, 0.05) is 12.0 Å². The standard InChI is InChI=1S/C15H19N3O2S/c1-4-20-12-7-5-11(6-8-12)14(19)16-15-18-17-13(21-15)9-10(2)3/h5-8,10H,4,9H2,1-3H3,(H,16,18,19). The van der Waals surface area contributed by atoms with Crippen LogP contribution >= 0.6 is 11.3 Å². The maximum Gasteiger partial charge on any atom is 0.257 e. The van der Waals surface area contributed by atoms with Crippen LogP contribution in [0.15, 0.2) is 24.3 Å². The van der Waals surface area contributed by atoms with Crippen molar-refractivity contribution in [3.63, 3.8) is 0 Å². The molecule has 0 aliphatic heterocycles. The van der Waals surface area contributed by atoms with Crippen molar-refractivity contribution < 1.29 is 9.53 Å². The molecule has 0 fully saturated rings. The highest BCUT2D eigenvalue weighted by atomic mass is 32.1. The Bertz CT molecular complexity index is 593. The molecule has 0 saturated carbocycles. The molecular formula is C15H19N3O2S. The first-order valence-corrected chi connectivity index (χ1v) is 7.76. The van der Waals surface area contributed by atoms with Gasteiger partial charge in [-0.3, -0.25) is 10.1 Å². The van der Waals surface area contributed by atoms with Crippen molar-refractivity contribution in [1.82, 2.24) is 10.2 Å². The molecule has 1 aromatic heterocycles. The van der Waals surface area contributed by atoms with Gasteiger partial charge in [0.1, 0.15) is 10.8 Å². The van der Waals surface area contributed by atoms with Crippen molar-refractivity contribution in [2.24, 2.45) is 5.92 Å². The molecule has 0 aliphatic rings. The number of rotatable bonds is 6. The van der Waals surface area contributed by atoms with E-state index in [-0.39, 0.29) is 5.91 Å². The van der Waals surface area contributed by atoms with Crippen LogP contribution in [0.2, 0.25) is 0 Å². The molecule has 1 amide bonds. The van der Waals surface area contributed by atoms with E-state index in [4.69, 9.17) is 4.74 Å². The Morgan fingerprint density at radius 1 is 1.29 bits per heavy atom. The molecule has 1 N–H and O–H groups in total. The summed E-state index contributed by atoms with van der Waals surface area (Å²) in [5, 5.41) is 12.3. The fraction of sp³-hybridized carbons (Fsp3) is 0.400. The summed E-state index contributed by atoms with van der Waals surface area (Å²) in [5.41, 5.74) is 0.569. The zero-order chi connectivity index (χ0) is 15.2. The molecule has 112 valence electrons. The Labute approximate surface area is 128 Å². The van der Waals surface area contributed by atoms with E-state index in [1.807, 2.05) is 6.92 Å². The van der Waals surface area contributed by atoms with Gasteiger partial charge in [-0.1, -0.05) is 25.2 Å². The summed E-state index contributed by atoms with van der Waals surface area (Å²) < 4.78 is 5.35. The molecule has 0 radical (unpaired) electrons. The molecule has 2 rings (SSSR count). The van der Waals surface area contributed by atoms with Gasteiger partial charge in [-0.2, -0.15) is 0 Å². The number of ether oxygens (including phenoxy) is 1. The lowest BCUT2D eigenvalue weighted by atomic mass is 10.1. The second-order valence-electron chi connectivity index (χ2n) is 5.01. The third kappa shape index (κ3) is 4.53. The van der Waals surface area contributed by atoms with Gasteiger partial charge in [0.15, 0.2) is 0 Å². The molecule has 0 saturated heterocycles. The molecule has 5 nitrogen and oxygen atoms in total. The summed E-state index contributed by atoms with van der Waals surface area (Å²) in [7, 11) is 0. The van der Waals surface area contributed by atoms with E-state index in [0.29, 0.717) is 23.2 Å². The van der Waals surface area contributed by atoms with Gasteiger partial charge in [0.25, 0.3) is 5.91 Å². The molecular weight excluding hydrogens is 286 g/mol. The highest BCUT2D eigenvalue weighted by Crippen LogP contribution is 2.19. The predicted octanol–water partition coefficient (Wildman–Crippen LogP) is 3.39. The average molecular weight is 305 g/mol. The van der Waals surface area contributed by atoms with Crippen LogP contribution in [0.5, 0.6) is 5.75 Å². The quantitative estimate of drug-likeness (QED) is 0.888. The molecule has 6 heteroatoms. The first kappa shape index (κ1) is 15.4. The highest BCUT2D eigenvalue weighted by Gasteiger charge is 2.11. The lowest BCUT2D eigenvalue weighted by Crippen LogP contribution is -2.11. The number of benzene rings is 1. The van der Waals surface area contributed by atoms with Gasteiger partial charge in [-0.05, 0) is 37.1 Å². The number of hydrogen-bond donors (Lipinski definition) is 1. The Morgan fingerprint density at radius 3 is 2.62 bits per heavy atom. The second-order valence-corrected chi connectivity index (χ2v) is 6.07. The van der Waals surface area contributed by atoms with Crippen molar-refractivity contribution in [2.45, 2.75) is 27.2 Å². The van der Waals surface area contributed by atoms with E-state index in [1.54, 1.807) is 24.3 Å². The zero-order valence-electron chi connectivity index (χ0n) is 12.4. The van der Waals surface area contributed by atoms with E-state index in [0.717, 1.165) is 17.2 Å². The molecule has 0 unspecified atom stereocenters. The molecule has 0 aliphatic carbocycles. The third-order valence-corrected chi connectivity index (χ3v) is 3.56. The van der Waals surface area contributed by atoms with Gasteiger partial charge < -0.3 is 4.74 Å². The monoisotopic (exact) mass is 305 g/mol. The van der Waals surface area contributed by atoms with Crippen LogP contribution in [-0.4, -0.2) is 22.7 Å². The largest absolute Gasteiger partial charge is 0.494 e. The van der Waals surface area contributed by atoms with E-state index in [2.05, 4.69) is 29.4 Å². The molecule has 1 heterocycles. The van der Waals surface area contributed by atoms with E-state index < -0.39 is 0 Å². The first-order chi connectivity index (χ1) is 10.1. The zero-order valence-corrected chi connectivity index (χ0v) is 13.2. The number of nitrogens with zero attached hydrogens (tertiary/aromatic N) is 2. The number of anilines is 1. The SMILES string of the molecule is CCOc1ccc(C(=O)Nc2nnc(CC(C)C)s2)cc1. The lowest BCUT2D eigenvalue weighted by Gasteiger charge is -2.04. The molecule has 2 aromatic rings. The topological polar surface area (TPSA) is 64.1 Å². The minimum Gasteiger partial charge on any atom is -0.494 e. The van der Waals surface area contributed by atoms with Crippen LogP contribution in [0.3, 0.4) is 0 Å². The van der Waals surface area contributed by atoms with Gasteiger partial charge in [0.2, 0.25) is 5.13 Å². The van der Waals surface area contributed by atoms with Crippen LogP contribution < -0.4 is 10.1 Å². The summed E-state index contributed by atoms with van der Waals surface area (Å²) in [5.74, 6) is 1.09.